The Hall–Kier alpha value is -1.23. The Morgan fingerprint density at radius 2 is 2.04 bits per heavy atom. The smallest absolute Gasteiger partial charge is 0.262 e. The number of carbonyl (C=O) groups is 1. The summed E-state index contributed by atoms with van der Waals surface area (Å²) in [6.07, 6.45) is 7.07. The minimum absolute atomic E-state index is 0.0445. The third-order valence-electron chi connectivity index (χ3n) is 4.60. The summed E-state index contributed by atoms with van der Waals surface area (Å²) in [6, 6.07) is 5.62. The molecule has 2 aromatic rings. The minimum Gasteiger partial charge on any atom is -0.321 e. The van der Waals surface area contributed by atoms with Crippen LogP contribution in [0.1, 0.15) is 39.3 Å². The van der Waals surface area contributed by atoms with Crippen molar-refractivity contribution in [2.75, 3.05) is 5.32 Å². The summed E-state index contributed by atoms with van der Waals surface area (Å²) in [5, 5.41) is 3.64. The van der Waals surface area contributed by atoms with Crippen LogP contribution in [0.25, 0.3) is 6.08 Å². The Morgan fingerprint density at radius 1 is 1.21 bits per heavy atom. The lowest BCUT2D eigenvalue weighted by Gasteiger charge is -2.16. The molecule has 0 saturated heterocycles. The standard InChI is InChI=1S/C19H18ClNOS2/c1-11-6-7-12(8-15(11)20)21-19(22)18-9-17-14(10-23-18)13-4-2-3-5-16(13)24-17/h6-9H,2-5,10H2,1H3,(H,21,22). The molecule has 4 rings (SSSR count). The summed E-state index contributed by atoms with van der Waals surface area (Å²) in [7, 11) is 0. The van der Waals surface area contributed by atoms with Gasteiger partial charge in [-0.1, -0.05) is 17.7 Å². The third-order valence-corrected chi connectivity index (χ3v) is 7.34. The second kappa shape index (κ2) is 6.58. The van der Waals surface area contributed by atoms with Gasteiger partial charge in [0.1, 0.15) is 0 Å². The van der Waals surface area contributed by atoms with Crippen molar-refractivity contribution in [1.29, 1.82) is 0 Å². The number of anilines is 1. The number of benzene rings is 1. The van der Waals surface area contributed by atoms with Crippen LogP contribution >= 0.6 is 34.7 Å². The summed E-state index contributed by atoms with van der Waals surface area (Å²) < 4.78 is 0. The molecule has 0 radical (unpaired) electrons. The maximum absolute atomic E-state index is 12.6. The van der Waals surface area contributed by atoms with Crippen LogP contribution in [0.15, 0.2) is 23.1 Å². The fourth-order valence-corrected chi connectivity index (χ4v) is 5.95. The van der Waals surface area contributed by atoms with E-state index in [2.05, 4.69) is 11.4 Å². The molecule has 0 spiro atoms. The van der Waals surface area contributed by atoms with E-state index in [4.69, 9.17) is 11.6 Å². The highest BCUT2D eigenvalue weighted by molar-refractivity contribution is 8.03. The van der Waals surface area contributed by atoms with Gasteiger partial charge in [-0.3, -0.25) is 4.79 Å². The van der Waals surface area contributed by atoms with E-state index in [1.807, 2.05) is 30.4 Å². The summed E-state index contributed by atoms with van der Waals surface area (Å²) in [5.41, 5.74) is 4.78. The van der Waals surface area contributed by atoms with Crippen LogP contribution in [-0.2, 0) is 23.4 Å². The average molecular weight is 376 g/mol. The average Bonchev–Trinajstić information content (AvgIpc) is 2.96. The largest absolute Gasteiger partial charge is 0.321 e. The van der Waals surface area contributed by atoms with Gasteiger partial charge in [0, 0.05) is 26.2 Å². The third kappa shape index (κ3) is 3.03. The fourth-order valence-electron chi connectivity index (χ4n) is 3.23. The molecule has 1 aromatic carbocycles. The van der Waals surface area contributed by atoms with Crippen LogP contribution in [0, 0.1) is 6.92 Å². The first kappa shape index (κ1) is 16.2. The lowest BCUT2D eigenvalue weighted by Crippen LogP contribution is -2.14. The highest BCUT2D eigenvalue weighted by Gasteiger charge is 2.25. The Morgan fingerprint density at radius 3 is 2.88 bits per heavy atom. The minimum atomic E-state index is -0.0445. The van der Waals surface area contributed by atoms with Crippen molar-refractivity contribution in [3.8, 4) is 0 Å². The zero-order valence-electron chi connectivity index (χ0n) is 13.4. The SMILES string of the molecule is Cc1ccc(NC(=O)C2=Cc3sc4c(c3CS2)CCCC4)cc1Cl. The first-order valence-corrected chi connectivity index (χ1v) is 10.4. The number of fused-ring (bicyclic) bond motifs is 3. The lowest BCUT2D eigenvalue weighted by molar-refractivity contribution is -0.112. The van der Waals surface area contributed by atoms with Crippen molar-refractivity contribution in [3.63, 3.8) is 0 Å². The molecule has 2 nitrogen and oxygen atoms in total. The summed E-state index contributed by atoms with van der Waals surface area (Å²) >= 11 is 9.66. The van der Waals surface area contributed by atoms with E-state index in [-0.39, 0.29) is 5.91 Å². The van der Waals surface area contributed by atoms with E-state index >= 15 is 0 Å². The van der Waals surface area contributed by atoms with Gasteiger partial charge in [0.25, 0.3) is 5.91 Å². The van der Waals surface area contributed by atoms with Crippen LogP contribution in [0.5, 0.6) is 0 Å². The van der Waals surface area contributed by atoms with E-state index in [9.17, 15) is 4.79 Å². The van der Waals surface area contributed by atoms with Crippen LogP contribution in [0.4, 0.5) is 5.69 Å². The number of nitrogens with one attached hydrogen (secondary N) is 1. The number of thiophene rings is 1. The van der Waals surface area contributed by atoms with Crippen molar-refractivity contribution in [1.82, 2.24) is 0 Å². The fraction of sp³-hybridized carbons (Fsp3) is 0.316. The Kier molecular flexibility index (Phi) is 4.46. The van der Waals surface area contributed by atoms with Gasteiger partial charge in [-0.2, -0.15) is 0 Å². The predicted octanol–water partition coefficient (Wildman–Crippen LogP) is 5.82. The Bertz CT molecular complexity index is 853. The van der Waals surface area contributed by atoms with Crippen molar-refractivity contribution in [2.24, 2.45) is 0 Å². The summed E-state index contributed by atoms with van der Waals surface area (Å²) in [6.45, 7) is 1.95. The van der Waals surface area contributed by atoms with Crippen LogP contribution in [0.3, 0.4) is 0 Å². The van der Waals surface area contributed by atoms with Gasteiger partial charge >= 0.3 is 0 Å². The van der Waals surface area contributed by atoms with E-state index in [0.29, 0.717) is 5.02 Å². The highest BCUT2D eigenvalue weighted by atomic mass is 35.5. The summed E-state index contributed by atoms with van der Waals surface area (Å²) in [4.78, 5) is 16.2. The molecule has 2 aliphatic rings. The molecule has 5 heteroatoms. The van der Waals surface area contributed by atoms with Gasteiger partial charge in [0.2, 0.25) is 0 Å². The first-order chi connectivity index (χ1) is 11.6. The van der Waals surface area contributed by atoms with Crippen molar-refractivity contribution < 1.29 is 4.79 Å². The van der Waals surface area contributed by atoms with Crippen molar-refractivity contribution in [2.45, 2.75) is 38.4 Å². The van der Waals surface area contributed by atoms with Gasteiger partial charge in [-0.25, -0.2) is 0 Å². The molecule has 0 bridgehead atoms. The summed E-state index contributed by atoms with van der Waals surface area (Å²) in [5.74, 6) is 0.867. The molecule has 0 atom stereocenters. The molecule has 124 valence electrons. The monoisotopic (exact) mass is 375 g/mol. The lowest BCUT2D eigenvalue weighted by atomic mass is 9.95. The molecule has 1 N–H and O–H groups in total. The number of amides is 1. The Labute approximate surface area is 155 Å². The molecule has 0 saturated carbocycles. The Balaban J connectivity index is 1.57. The van der Waals surface area contributed by atoms with Crippen LogP contribution in [-0.4, -0.2) is 5.91 Å². The number of rotatable bonds is 2. The van der Waals surface area contributed by atoms with Gasteiger partial charge in [0.05, 0.1) is 4.91 Å². The number of thioether (sulfide) groups is 1. The zero-order chi connectivity index (χ0) is 16.7. The predicted molar refractivity (Wildman–Crippen MR) is 105 cm³/mol. The van der Waals surface area contributed by atoms with E-state index < -0.39 is 0 Å². The number of halogens is 1. The molecular weight excluding hydrogens is 358 g/mol. The number of hydrogen-bond acceptors (Lipinski definition) is 3. The van der Waals surface area contributed by atoms with E-state index in [1.54, 1.807) is 23.4 Å². The molecule has 0 unspecified atom stereocenters. The van der Waals surface area contributed by atoms with Crippen molar-refractivity contribution >= 4 is 52.4 Å². The second-order valence-corrected chi connectivity index (χ2v) is 8.83. The van der Waals surface area contributed by atoms with Crippen LogP contribution in [0.2, 0.25) is 5.02 Å². The molecule has 1 amide bonds. The molecule has 0 fully saturated rings. The van der Waals surface area contributed by atoms with Crippen molar-refractivity contribution in [3.05, 3.63) is 54.6 Å². The molecule has 24 heavy (non-hydrogen) atoms. The maximum Gasteiger partial charge on any atom is 0.262 e. The van der Waals surface area contributed by atoms with E-state index in [1.165, 1.54) is 41.0 Å². The molecule has 2 heterocycles. The number of hydrogen-bond donors (Lipinski definition) is 1. The number of carbonyl (C=O) groups excluding carboxylic acids is 1. The van der Waals surface area contributed by atoms with Gasteiger partial charge in [-0.15, -0.1) is 23.1 Å². The molecule has 1 aliphatic carbocycles. The van der Waals surface area contributed by atoms with E-state index in [0.717, 1.165) is 21.9 Å². The number of aryl methyl sites for hydroxylation is 2. The normalized spacial score (nSPS) is 16.2. The molecular formula is C19H18ClNOS2. The van der Waals surface area contributed by atoms with Gasteiger partial charge in [-0.05, 0) is 67.5 Å². The molecule has 1 aromatic heterocycles. The quantitative estimate of drug-likeness (QED) is 0.717. The first-order valence-electron chi connectivity index (χ1n) is 8.17. The van der Waals surface area contributed by atoms with Gasteiger partial charge in [0.15, 0.2) is 0 Å². The zero-order valence-corrected chi connectivity index (χ0v) is 15.8. The second-order valence-electron chi connectivity index (χ2n) is 6.27. The maximum atomic E-state index is 12.6. The molecule has 1 aliphatic heterocycles. The topological polar surface area (TPSA) is 29.1 Å². The van der Waals surface area contributed by atoms with Crippen LogP contribution < -0.4 is 5.32 Å². The van der Waals surface area contributed by atoms with Gasteiger partial charge < -0.3 is 5.32 Å². The highest BCUT2D eigenvalue weighted by Crippen LogP contribution is 2.42.